The molecule has 1 atom stereocenters. The number of halogens is 1. The zero-order chi connectivity index (χ0) is 34.0. The molecule has 1 N–H and O–H groups in total. The summed E-state index contributed by atoms with van der Waals surface area (Å²) in [7, 11) is -1.41. The first-order chi connectivity index (χ1) is 22.6. The zero-order valence-corrected chi connectivity index (χ0v) is 27.8. The Morgan fingerprint density at radius 3 is 2.13 bits per heavy atom. The van der Waals surface area contributed by atoms with E-state index in [2.05, 4.69) is 5.32 Å². The zero-order valence-electron chi connectivity index (χ0n) is 27.0. The van der Waals surface area contributed by atoms with E-state index < -0.39 is 34.3 Å². The van der Waals surface area contributed by atoms with Crippen molar-refractivity contribution < 1.29 is 31.9 Å². The van der Waals surface area contributed by atoms with Crippen LogP contribution in [0.15, 0.2) is 102 Å². The van der Waals surface area contributed by atoms with Gasteiger partial charge in [-0.25, -0.2) is 12.8 Å². The molecule has 4 aromatic rings. The molecule has 0 aliphatic rings. The molecular weight excluding hydrogens is 621 g/mol. The highest BCUT2D eigenvalue weighted by Gasteiger charge is 2.35. The fourth-order valence-corrected chi connectivity index (χ4v) is 6.46. The predicted molar refractivity (Wildman–Crippen MR) is 179 cm³/mol. The van der Waals surface area contributed by atoms with Crippen molar-refractivity contribution in [1.82, 2.24) is 10.2 Å². The molecule has 0 aromatic heterocycles. The second-order valence-electron chi connectivity index (χ2n) is 11.0. The average molecular weight is 662 g/mol. The van der Waals surface area contributed by atoms with Crippen LogP contribution in [0, 0.1) is 12.7 Å². The Morgan fingerprint density at radius 2 is 1.51 bits per heavy atom. The Kier molecular flexibility index (Phi) is 12.0. The Bertz CT molecular complexity index is 1750. The molecule has 2 amide bonds. The SMILES string of the molecule is CCCNC(=O)[C@H](Cc1ccccc1)N(Cc1ccc(F)cc1)C(=O)CN(c1ccc(OC)c(OC)c1)S(=O)(=O)c1ccc(C)cc1. The second-order valence-corrected chi connectivity index (χ2v) is 12.9. The topological polar surface area (TPSA) is 105 Å². The van der Waals surface area contributed by atoms with Gasteiger partial charge in [0.15, 0.2) is 11.5 Å². The van der Waals surface area contributed by atoms with E-state index in [4.69, 9.17) is 9.47 Å². The number of carbonyl (C=O) groups excluding carboxylic acids is 2. The summed E-state index contributed by atoms with van der Waals surface area (Å²) in [5, 5.41) is 2.90. The molecule has 47 heavy (non-hydrogen) atoms. The largest absolute Gasteiger partial charge is 0.493 e. The van der Waals surface area contributed by atoms with Gasteiger partial charge in [-0.3, -0.25) is 13.9 Å². The number of aryl methyl sites for hydroxylation is 1. The van der Waals surface area contributed by atoms with Gasteiger partial charge >= 0.3 is 0 Å². The number of amides is 2. The second kappa shape index (κ2) is 16.1. The number of ether oxygens (including phenoxy) is 2. The number of benzene rings is 4. The molecule has 0 aliphatic carbocycles. The van der Waals surface area contributed by atoms with Gasteiger partial charge in [0.1, 0.15) is 18.4 Å². The van der Waals surface area contributed by atoms with Crippen molar-refractivity contribution >= 4 is 27.5 Å². The number of methoxy groups -OCH3 is 2. The molecule has 0 unspecified atom stereocenters. The molecule has 0 spiro atoms. The van der Waals surface area contributed by atoms with Crippen molar-refractivity contribution in [3.05, 3.63) is 120 Å². The van der Waals surface area contributed by atoms with Gasteiger partial charge in [0.05, 0.1) is 24.8 Å². The molecule has 0 heterocycles. The van der Waals surface area contributed by atoms with E-state index in [1.54, 1.807) is 18.2 Å². The van der Waals surface area contributed by atoms with E-state index in [-0.39, 0.29) is 35.2 Å². The number of carbonyl (C=O) groups is 2. The van der Waals surface area contributed by atoms with E-state index in [1.807, 2.05) is 44.2 Å². The van der Waals surface area contributed by atoms with E-state index in [1.165, 1.54) is 67.7 Å². The quantitative estimate of drug-likeness (QED) is 0.180. The van der Waals surface area contributed by atoms with Crippen LogP contribution in [-0.4, -0.2) is 58.5 Å². The lowest BCUT2D eigenvalue weighted by molar-refractivity contribution is -0.140. The first kappa shape index (κ1) is 35.0. The van der Waals surface area contributed by atoms with Crippen LogP contribution in [0.3, 0.4) is 0 Å². The fourth-order valence-electron chi connectivity index (χ4n) is 5.05. The molecule has 0 bridgehead atoms. The number of anilines is 1. The van der Waals surface area contributed by atoms with Gasteiger partial charge in [0.2, 0.25) is 11.8 Å². The van der Waals surface area contributed by atoms with Gasteiger partial charge in [-0.05, 0) is 60.9 Å². The lowest BCUT2D eigenvalue weighted by Gasteiger charge is -2.34. The molecule has 4 aromatic carbocycles. The lowest BCUT2D eigenvalue weighted by atomic mass is 10.0. The van der Waals surface area contributed by atoms with E-state index >= 15 is 0 Å². The van der Waals surface area contributed by atoms with Crippen molar-refractivity contribution in [2.24, 2.45) is 0 Å². The fraction of sp³-hybridized carbons (Fsp3) is 0.278. The molecule has 0 radical (unpaired) electrons. The number of sulfonamides is 1. The van der Waals surface area contributed by atoms with Crippen LogP contribution in [0.1, 0.15) is 30.0 Å². The minimum absolute atomic E-state index is 0.0164. The highest BCUT2D eigenvalue weighted by molar-refractivity contribution is 7.92. The molecule has 248 valence electrons. The van der Waals surface area contributed by atoms with Crippen LogP contribution in [-0.2, 0) is 32.6 Å². The Hall–Kier alpha value is -4.90. The molecule has 0 saturated heterocycles. The van der Waals surface area contributed by atoms with Crippen LogP contribution in [0.5, 0.6) is 11.5 Å². The maximum atomic E-state index is 14.5. The van der Waals surface area contributed by atoms with Crippen molar-refractivity contribution in [1.29, 1.82) is 0 Å². The van der Waals surface area contributed by atoms with Crippen molar-refractivity contribution in [2.45, 2.75) is 44.2 Å². The maximum Gasteiger partial charge on any atom is 0.264 e. The summed E-state index contributed by atoms with van der Waals surface area (Å²) < 4.78 is 54.2. The third-order valence-corrected chi connectivity index (χ3v) is 9.42. The summed E-state index contributed by atoms with van der Waals surface area (Å²) >= 11 is 0. The highest BCUT2D eigenvalue weighted by Crippen LogP contribution is 2.34. The Labute approximate surface area is 276 Å². The minimum Gasteiger partial charge on any atom is -0.493 e. The molecule has 0 fully saturated rings. The van der Waals surface area contributed by atoms with E-state index in [0.717, 1.165) is 15.4 Å². The van der Waals surface area contributed by atoms with Crippen LogP contribution in [0.2, 0.25) is 0 Å². The molecule has 0 saturated carbocycles. The lowest BCUT2D eigenvalue weighted by Crippen LogP contribution is -2.53. The summed E-state index contributed by atoms with van der Waals surface area (Å²) in [6.07, 6.45) is 0.849. The van der Waals surface area contributed by atoms with Crippen LogP contribution >= 0.6 is 0 Å². The average Bonchev–Trinajstić information content (AvgIpc) is 3.08. The summed E-state index contributed by atoms with van der Waals surface area (Å²) in [4.78, 5) is 29.6. The molecule has 11 heteroatoms. The summed E-state index contributed by atoms with van der Waals surface area (Å²) in [5.74, 6) is -0.816. The van der Waals surface area contributed by atoms with E-state index in [9.17, 15) is 22.4 Å². The molecule has 4 rings (SSSR count). The van der Waals surface area contributed by atoms with Gasteiger partial charge in [-0.2, -0.15) is 0 Å². The molecule has 9 nitrogen and oxygen atoms in total. The normalized spacial score (nSPS) is 11.8. The predicted octanol–water partition coefficient (Wildman–Crippen LogP) is 5.51. The Morgan fingerprint density at radius 1 is 0.851 bits per heavy atom. The van der Waals surface area contributed by atoms with Crippen molar-refractivity contribution in [2.75, 3.05) is 31.6 Å². The van der Waals surface area contributed by atoms with Gasteiger partial charge in [0.25, 0.3) is 10.0 Å². The van der Waals surface area contributed by atoms with Crippen LogP contribution in [0.25, 0.3) is 0 Å². The number of nitrogens with zero attached hydrogens (tertiary/aromatic N) is 2. The van der Waals surface area contributed by atoms with Crippen molar-refractivity contribution in [3.8, 4) is 11.5 Å². The monoisotopic (exact) mass is 661 g/mol. The summed E-state index contributed by atoms with van der Waals surface area (Å²) in [6.45, 7) is 3.45. The number of hydrogen-bond donors (Lipinski definition) is 1. The summed E-state index contributed by atoms with van der Waals surface area (Å²) in [6, 6.07) is 24.8. The highest BCUT2D eigenvalue weighted by atomic mass is 32.2. The van der Waals surface area contributed by atoms with Crippen LogP contribution < -0.4 is 19.1 Å². The number of nitrogens with one attached hydrogen (secondary N) is 1. The van der Waals surface area contributed by atoms with Gasteiger partial charge < -0.3 is 19.7 Å². The van der Waals surface area contributed by atoms with E-state index in [0.29, 0.717) is 24.3 Å². The Balaban J connectivity index is 1.83. The smallest absolute Gasteiger partial charge is 0.264 e. The standard InChI is InChI=1S/C36H40FN3O6S/c1-5-21-38-36(42)32(22-27-9-7-6-8-10-27)39(24-28-13-15-29(37)16-14-28)35(41)25-40(30-17-20-33(45-3)34(23-30)46-4)47(43,44)31-18-11-26(2)12-19-31/h6-20,23,32H,5,21-22,24-25H2,1-4H3,(H,38,42)/t32-/m0/s1. The first-order valence-corrected chi connectivity index (χ1v) is 16.7. The van der Waals surface area contributed by atoms with Gasteiger partial charge in [-0.1, -0.05) is 67.1 Å². The summed E-state index contributed by atoms with van der Waals surface area (Å²) in [5.41, 5.74) is 2.41. The molecule has 0 aliphatic heterocycles. The minimum atomic E-state index is -4.30. The third-order valence-electron chi connectivity index (χ3n) is 7.63. The van der Waals surface area contributed by atoms with Crippen LogP contribution in [0.4, 0.5) is 10.1 Å². The van der Waals surface area contributed by atoms with Gasteiger partial charge in [0, 0.05) is 25.6 Å². The number of rotatable bonds is 15. The maximum absolute atomic E-state index is 14.5. The van der Waals surface area contributed by atoms with Crippen molar-refractivity contribution in [3.63, 3.8) is 0 Å². The number of hydrogen-bond acceptors (Lipinski definition) is 6. The third kappa shape index (κ3) is 8.88. The first-order valence-electron chi connectivity index (χ1n) is 15.2. The van der Waals surface area contributed by atoms with Gasteiger partial charge in [-0.15, -0.1) is 0 Å². The molecular formula is C36H40FN3O6S.